The molecule has 1 heterocycles. The Morgan fingerprint density at radius 3 is 2.72 bits per heavy atom. The highest BCUT2D eigenvalue weighted by Crippen LogP contribution is 2.29. The van der Waals surface area contributed by atoms with E-state index in [2.05, 4.69) is 10.3 Å². The van der Waals surface area contributed by atoms with Gasteiger partial charge in [0, 0.05) is 19.9 Å². The van der Waals surface area contributed by atoms with Gasteiger partial charge in [-0.2, -0.15) is 13.2 Å². The average molecular weight is 264 g/mol. The van der Waals surface area contributed by atoms with Crippen molar-refractivity contribution >= 4 is 5.82 Å². The Hall–Kier alpha value is -1.34. The van der Waals surface area contributed by atoms with Gasteiger partial charge in [-0.25, -0.2) is 4.98 Å². The van der Waals surface area contributed by atoms with Crippen LogP contribution in [0.5, 0.6) is 0 Å². The summed E-state index contributed by atoms with van der Waals surface area (Å²) in [4.78, 5) is 3.80. The topological polar surface area (TPSA) is 43.4 Å². The molecule has 18 heavy (non-hydrogen) atoms. The van der Waals surface area contributed by atoms with Gasteiger partial charge in [-0.05, 0) is 12.1 Å². The van der Waals surface area contributed by atoms with Crippen LogP contribution in [0.2, 0.25) is 0 Å². The molecule has 0 radical (unpaired) electrons. The molecule has 1 N–H and O–H groups in total. The van der Waals surface area contributed by atoms with E-state index in [0.29, 0.717) is 26.4 Å². The predicted octanol–water partition coefficient (Wildman–Crippen LogP) is 2.18. The molecular weight excluding hydrogens is 249 g/mol. The summed E-state index contributed by atoms with van der Waals surface area (Å²) in [5.74, 6) is 0.181. The minimum Gasteiger partial charge on any atom is -0.382 e. The van der Waals surface area contributed by atoms with Crippen LogP contribution in [0.3, 0.4) is 0 Å². The molecule has 0 saturated carbocycles. The smallest absolute Gasteiger partial charge is 0.382 e. The second kappa shape index (κ2) is 7.17. The minimum atomic E-state index is -4.35. The SMILES string of the molecule is COCCOCCNc1cc(C(F)(F)F)ccn1. The first-order valence-corrected chi connectivity index (χ1v) is 5.38. The molecular formula is C11H15F3N2O2. The first-order valence-electron chi connectivity index (χ1n) is 5.38. The van der Waals surface area contributed by atoms with Gasteiger partial charge in [-0.1, -0.05) is 0 Å². The zero-order valence-corrected chi connectivity index (χ0v) is 9.96. The van der Waals surface area contributed by atoms with Crippen LogP contribution in [0.15, 0.2) is 18.3 Å². The molecule has 0 aliphatic rings. The van der Waals surface area contributed by atoms with Crippen molar-refractivity contribution in [2.24, 2.45) is 0 Å². The van der Waals surface area contributed by atoms with Crippen LogP contribution in [0.1, 0.15) is 5.56 Å². The molecule has 102 valence electrons. The molecule has 1 rings (SSSR count). The van der Waals surface area contributed by atoms with Crippen molar-refractivity contribution in [2.75, 3.05) is 38.8 Å². The quantitative estimate of drug-likeness (QED) is 0.766. The number of aromatic nitrogens is 1. The summed E-state index contributed by atoms with van der Waals surface area (Å²) in [6, 6.07) is 1.90. The van der Waals surface area contributed by atoms with Crippen molar-refractivity contribution < 1.29 is 22.6 Å². The lowest BCUT2D eigenvalue weighted by atomic mass is 10.2. The Kier molecular flexibility index (Phi) is 5.87. The Morgan fingerprint density at radius 2 is 2.06 bits per heavy atom. The predicted molar refractivity (Wildman–Crippen MR) is 60.4 cm³/mol. The van der Waals surface area contributed by atoms with E-state index in [1.807, 2.05) is 0 Å². The number of methoxy groups -OCH3 is 1. The Balaban J connectivity index is 2.34. The number of rotatable bonds is 7. The van der Waals surface area contributed by atoms with Crippen LogP contribution in [0, 0.1) is 0 Å². The van der Waals surface area contributed by atoms with Gasteiger partial charge in [-0.15, -0.1) is 0 Å². The average Bonchev–Trinajstić information content (AvgIpc) is 2.33. The number of anilines is 1. The van der Waals surface area contributed by atoms with Crippen LogP contribution in [-0.2, 0) is 15.7 Å². The number of pyridine rings is 1. The third kappa shape index (κ3) is 5.33. The van der Waals surface area contributed by atoms with E-state index in [-0.39, 0.29) is 5.82 Å². The largest absolute Gasteiger partial charge is 0.416 e. The van der Waals surface area contributed by atoms with Gasteiger partial charge in [0.15, 0.2) is 0 Å². The monoisotopic (exact) mass is 264 g/mol. The van der Waals surface area contributed by atoms with Gasteiger partial charge in [0.1, 0.15) is 5.82 Å². The highest BCUT2D eigenvalue weighted by atomic mass is 19.4. The number of ether oxygens (including phenoxy) is 2. The molecule has 1 aromatic heterocycles. The molecule has 0 atom stereocenters. The lowest BCUT2D eigenvalue weighted by Gasteiger charge is -2.09. The number of hydrogen-bond acceptors (Lipinski definition) is 4. The van der Waals surface area contributed by atoms with E-state index in [0.717, 1.165) is 18.3 Å². The molecule has 0 spiro atoms. The van der Waals surface area contributed by atoms with Gasteiger partial charge in [0.05, 0.1) is 25.4 Å². The van der Waals surface area contributed by atoms with Gasteiger partial charge in [0.25, 0.3) is 0 Å². The molecule has 0 aromatic carbocycles. The van der Waals surface area contributed by atoms with Crippen molar-refractivity contribution in [3.63, 3.8) is 0 Å². The van der Waals surface area contributed by atoms with E-state index in [4.69, 9.17) is 9.47 Å². The summed E-state index contributed by atoms with van der Waals surface area (Å²) in [7, 11) is 1.56. The minimum absolute atomic E-state index is 0.181. The number of alkyl halides is 3. The van der Waals surface area contributed by atoms with E-state index >= 15 is 0 Å². The molecule has 1 aromatic rings. The van der Waals surface area contributed by atoms with Gasteiger partial charge in [-0.3, -0.25) is 0 Å². The van der Waals surface area contributed by atoms with Gasteiger partial charge < -0.3 is 14.8 Å². The van der Waals surface area contributed by atoms with Crippen LogP contribution in [-0.4, -0.2) is 38.5 Å². The summed E-state index contributed by atoms with van der Waals surface area (Å²) in [5, 5.41) is 2.76. The fourth-order valence-electron chi connectivity index (χ4n) is 1.20. The van der Waals surface area contributed by atoms with Crippen LogP contribution in [0.25, 0.3) is 0 Å². The molecule has 0 fully saturated rings. The summed E-state index contributed by atoms with van der Waals surface area (Å²) < 4.78 is 47.1. The first-order chi connectivity index (χ1) is 8.54. The Morgan fingerprint density at radius 1 is 1.28 bits per heavy atom. The van der Waals surface area contributed by atoms with Crippen molar-refractivity contribution in [1.29, 1.82) is 0 Å². The molecule has 4 nitrogen and oxygen atoms in total. The summed E-state index contributed by atoms with van der Waals surface area (Å²) in [6.07, 6.45) is -3.23. The van der Waals surface area contributed by atoms with Crippen molar-refractivity contribution in [3.05, 3.63) is 23.9 Å². The lowest BCUT2D eigenvalue weighted by molar-refractivity contribution is -0.137. The fourth-order valence-corrected chi connectivity index (χ4v) is 1.20. The first kappa shape index (κ1) is 14.7. The van der Waals surface area contributed by atoms with Crippen molar-refractivity contribution in [1.82, 2.24) is 4.98 Å². The third-order valence-electron chi connectivity index (χ3n) is 2.07. The molecule has 0 saturated heterocycles. The second-order valence-electron chi connectivity index (χ2n) is 3.46. The van der Waals surface area contributed by atoms with Crippen molar-refractivity contribution in [3.8, 4) is 0 Å². The summed E-state index contributed by atoms with van der Waals surface area (Å²) in [5.41, 5.74) is -0.722. The standard InChI is InChI=1S/C11H15F3N2O2/c1-17-6-7-18-5-4-16-10-8-9(2-3-15-10)11(12,13)14/h2-3,8H,4-7H2,1H3,(H,15,16). The normalized spacial score (nSPS) is 11.6. The van der Waals surface area contributed by atoms with E-state index in [9.17, 15) is 13.2 Å². The zero-order valence-electron chi connectivity index (χ0n) is 9.96. The Labute approximate surface area is 103 Å². The van der Waals surface area contributed by atoms with E-state index < -0.39 is 11.7 Å². The van der Waals surface area contributed by atoms with Gasteiger partial charge in [0.2, 0.25) is 0 Å². The molecule has 0 bridgehead atoms. The van der Waals surface area contributed by atoms with Gasteiger partial charge >= 0.3 is 6.18 Å². The van der Waals surface area contributed by atoms with Crippen LogP contribution >= 0.6 is 0 Å². The number of halogens is 3. The summed E-state index contributed by atoms with van der Waals surface area (Å²) >= 11 is 0. The van der Waals surface area contributed by atoms with Crippen LogP contribution in [0.4, 0.5) is 19.0 Å². The second-order valence-corrected chi connectivity index (χ2v) is 3.46. The zero-order chi connectivity index (χ0) is 13.4. The molecule has 7 heteroatoms. The number of nitrogens with zero attached hydrogens (tertiary/aromatic N) is 1. The van der Waals surface area contributed by atoms with E-state index in [1.54, 1.807) is 7.11 Å². The fraction of sp³-hybridized carbons (Fsp3) is 0.545. The summed E-state index contributed by atoms with van der Waals surface area (Å²) in [6.45, 7) is 1.70. The van der Waals surface area contributed by atoms with E-state index in [1.165, 1.54) is 0 Å². The molecule has 0 amide bonds. The van der Waals surface area contributed by atoms with Crippen molar-refractivity contribution in [2.45, 2.75) is 6.18 Å². The van der Waals surface area contributed by atoms with Crippen LogP contribution < -0.4 is 5.32 Å². The number of nitrogens with one attached hydrogen (secondary N) is 1. The molecule has 0 aliphatic heterocycles. The maximum absolute atomic E-state index is 12.4. The Bertz CT molecular complexity index is 358. The third-order valence-corrected chi connectivity index (χ3v) is 2.07. The highest BCUT2D eigenvalue weighted by molar-refractivity contribution is 5.38. The molecule has 0 aliphatic carbocycles. The number of hydrogen-bond donors (Lipinski definition) is 1. The highest BCUT2D eigenvalue weighted by Gasteiger charge is 2.30. The maximum Gasteiger partial charge on any atom is 0.416 e. The lowest BCUT2D eigenvalue weighted by Crippen LogP contribution is -2.13. The maximum atomic E-state index is 12.4. The molecule has 0 unspecified atom stereocenters.